The van der Waals surface area contributed by atoms with E-state index >= 15 is 0 Å². The average molecular weight is 263 g/mol. The topological polar surface area (TPSA) is 29.9 Å². The maximum absolute atomic E-state index is 4.50. The molecule has 2 aromatic heterocycles. The van der Waals surface area contributed by atoms with Gasteiger partial charge in [0, 0.05) is 29.5 Å². The Morgan fingerprint density at radius 1 is 1.50 bits per heavy atom. The number of hydrogen-bond donors (Lipinski definition) is 1. The molecule has 3 nitrogen and oxygen atoms in total. The third-order valence-corrected chi connectivity index (χ3v) is 4.04. The second-order valence-corrected chi connectivity index (χ2v) is 5.57. The molecule has 0 aromatic carbocycles. The van der Waals surface area contributed by atoms with E-state index in [9.17, 15) is 0 Å². The lowest BCUT2D eigenvalue weighted by Gasteiger charge is -2.13. The standard InChI is InChI=1S/C14H21N3S/c1-4-5-13(15-3)12-6-7-17(8-12)9-14-16-11(2)10-18-14/h6-8,10,13,15H,4-5,9H2,1-3H3. The first-order valence-corrected chi connectivity index (χ1v) is 7.34. The molecule has 98 valence electrons. The summed E-state index contributed by atoms with van der Waals surface area (Å²) in [6.45, 7) is 5.14. The highest BCUT2D eigenvalue weighted by Crippen LogP contribution is 2.19. The summed E-state index contributed by atoms with van der Waals surface area (Å²) >= 11 is 1.73. The first-order chi connectivity index (χ1) is 8.72. The molecule has 1 atom stereocenters. The van der Waals surface area contributed by atoms with E-state index in [0.29, 0.717) is 6.04 Å². The SMILES string of the molecule is CCCC(NC)c1ccn(Cc2nc(C)cs2)c1. The number of hydrogen-bond acceptors (Lipinski definition) is 3. The van der Waals surface area contributed by atoms with Crippen LogP contribution in [0.4, 0.5) is 0 Å². The van der Waals surface area contributed by atoms with Crippen LogP contribution in [0.2, 0.25) is 0 Å². The summed E-state index contributed by atoms with van der Waals surface area (Å²) in [4.78, 5) is 4.50. The fourth-order valence-electron chi connectivity index (χ4n) is 2.16. The van der Waals surface area contributed by atoms with Gasteiger partial charge in [0.1, 0.15) is 5.01 Å². The predicted octanol–water partition coefficient (Wildman–Crippen LogP) is 3.36. The quantitative estimate of drug-likeness (QED) is 0.866. The Hall–Kier alpha value is -1.13. The number of thiazole rings is 1. The summed E-state index contributed by atoms with van der Waals surface area (Å²) in [7, 11) is 2.03. The van der Waals surface area contributed by atoms with Crippen molar-refractivity contribution >= 4 is 11.3 Å². The minimum absolute atomic E-state index is 0.467. The molecule has 0 aliphatic heterocycles. The molecule has 18 heavy (non-hydrogen) atoms. The predicted molar refractivity (Wildman–Crippen MR) is 77.1 cm³/mol. The molecule has 4 heteroatoms. The second-order valence-electron chi connectivity index (χ2n) is 4.63. The monoisotopic (exact) mass is 263 g/mol. The molecule has 0 spiro atoms. The van der Waals surface area contributed by atoms with E-state index in [1.165, 1.54) is 23.4 Å². The molecule has 0 bridgehead atoms. The van der Waals surface area contributed by atoms with Crippen molar-refractivity contribution in [2.45, 2.75) is 39.3 Å². The van der Waals surface area contributed by atoms with E-state index in [-0.39, 0.29) is 0 Å². The van der Waals surface area contributed by atoms with Gasteiger partial charge in [-0.25, -0.2) is 4.98 Å². The highest BCUT2D eigenvalue weighted by molar-refractivity contribution is 7.09. The molecule has 0 saturated carbocycles. The molecule has 1 N–H and O–H groups in total. The van der Waals surface area contributed by atoms with Crippen molar-refractivity contribution < 1.29 is 0 Å². The first kappa shape index (κ1) is 13.3. The summed E-state index contributed by atoms with van der Waals surface area (Å²) in [6, 6.07) is 2.67. The Kier molecular flexibility index (Phi) is 4.55. The zero-order valence-corrected chi connectivity index (χ0v) is 12.1. The molecule has 2 rings (SSSR count). The van der Waals surface area contributed by atoms with Crippen LogP contribution in [-0.4, -0.2) is 16.6 Å². The van der Waals surface area contributed by atoms with Crippen LogP contribution >= 0.6 is 11.3 Å². The number of rotatable bonds is 6. The third-order valence-electron chi connectivity index (χ3n) is 3.09. The molecule has 0 fully saturated rings. The van der Waals surface area contributed by atoms with Crippen molar-refractivity contribution in [3.05, 3.63) is 40.1 Å². The summed E-state index contributed by atoms with van der Waals surface area (Å²) in [5.41, 5.74) is 2.48. The molecule has 1 unspecified atom stereocenters. The zero-order valence-electron chi connectivity index (χ0n) is 11.3. The Balaban J connectivity index is 2.05. The molecule has 0 radical (unpaired) electrons. The van der Waals surface area contributed by atoms with Crippen LogP contribution in [-0.2, 0) is 6.54 Å². The number of aryl methyl sites for hydroxylation is 1. The van der Waals surface area contributed by atoms with Gasteiger partial charge in [0.15, 0.2) is 0 Å². The normalized spacial score (nSPS) is 12.8. The summed E-state index contributed by atoms with van der Waals surface area (Å²) in [5, 5.41) is 6.65. The number of nitrogens with one attached hydrogen (secondary N) is 1. The van der Waals surface area contributed by atoms with Crippen LogP contribution in [0.3, 0.4) is 0 Å². The first-order valence-electron chi connectivity index (χ1n) is 6.47. The van der Waals surface area contributed by atoms with Gasteiger partial charge >= 0.3 is 0 Å². The molecule has 0 saturated heterocycles. The van der Waals surface area contributed by atoms with E-state index in [0.717, 1.165) is 12.2 Å². The summed E-state index contributed by atoms with van der Waals surface area (Å²) < 4.78 is 2.22. The fourth-order valence-corrected chi connectivity index (χ4v) is 2.94. The van der Waals surface area contributed by atoms with Gasteiger partial charge in [0.25, 0.3) is 0 Å². The van der Waals surface area contributed by atoms with Crippen molar-refractivity contribution in [3.63, 3.8) is 0 Å². The van der Waals surface area contributed by atoms with Crippen LogP contribution in [0, 0.1) is 6.92 Å². The highest BCUT2D eigenvalue weighted by atomic mass is 32.1. The van der Waals surface area contributed by atoms with Crippen molar-refractivity contribution in [1.82, 2.24) is 14.9 Å². The van der Waals surface area contributed by atoms with Crippen LogP contribution in [0.25, 0.3) is 0 Å². The van der Waals surface area contributed by atoms with Crippen molar-refractivity contribution in [2.24, 2.45) is 0 Å². The van der Waals surface area contributed by atoms with E-state index < -0.39 is 0 Å². The highest BCUT2D eigenvalue weighted by Gasteiger charge is 2.09. The van der Waals surface area contributed by atoms with Gasteiger partial charge in [0.2, 0.25) is 0 Å². The van der Waals surface area contributed by atoms with Gasteiger partial charge in [-0.05, 0) is 32.0 Å². The van der Waals surface area contributed by atoms with Crippen molar-refractivity contribution in [2.75, 3.05) is 7.05 Å². The largest absolute Gasteiger partial charge is 0.347 e. The van der Waals surface area contributed by atoms with Crippen LogP contribution in [0.5, 0.6) is 0 Å². The average Bonchev–Trinajstić information content (AvgIpc) is 2.96. The molecular formula is C14H21N3S. The van der Waals surface area contributed by atoms with Crippen LogP contribution in [0.1, 0.15) is 42.1 Å². The fraction of sp³-hybridized carbons (Fsp3) is 0.500. The van der Waals surface area contributed by atoms with E-state index in [2.05, 4.69) is 45.6 Å². The minimum Gasteiger partial charge on any atom is -0.347 e. The molecule has 0 aliphatic carbocycles. The Morgan fingerprint density at radius 2 is 2.33 bits per heavy atom. The lowest BCUT2D eigenvalue weighted by Crippen LogP contribution is -2.15. The Morgan fingerprint density at radius 3 is 2.94 bits per heavy atom. The van der Waals surface area contributed by atoms with Crippen LogP contribution < -0.4 is 5.32 Å². The van der Waals surface area contributed by atoms with E-state index in [4.69, 9.17) is 0 Å². The molecule has 0 amide bonds. The second kappa shape index (κ2) is 6.16. The maximum atomic E-state index is 4.50. The molecule has 2 heterocycles. The zero-order chi connectivity index (χ0) is 13.0. The van der Waals surface area contributed by atoms with Crippen molar-refractivity contribution in [3.8, 4) is 0 Å². The van der Waals surface area contributed by atoms with Gasteiger partial charge in [-0.1, -0.05) is 13.3 Å². The van der Waals surface area contributed by atoms with Gasteiger partial charge in [-0.3, -0.25) is 0 Å². The minimum atomic E-state index is 0.467. The third kappa shape index (κ3) is 3.21. The molecule has 2 aromatic rings. The van der Waals surface area contributed by atoms with E-state index in [1.54, 1.807) is 11.3 Å². The Bertz CT molecular complexity index is 487. The van der Waals surface area contributed by atoms with Gasteiger partial charge < -0.3 is 9.88 Å². The lowest BCUT2D eigenvalue weighted by molar-refractivity contribution is 0.540. The van der Waals surface area contributed by atoms with Crippen molar-refractivity contribution in [1.29, 1.82) is 0 Å². The lowest BCUT2D eigenvalue weighted by atomic mass is 10.1. The smallest absolute Gasteiger partial charge is 0.113 e. The van der Waals surface area contributed by atoms with E-state index in [1.807, 2.05) is 14.0 Å². The maximum Gasteiger partial charge on any atom is 0.113 e. The Labute approximate surface area is 113 Å². The molecule has 0 aliphatic rings. The van der Waals surface area contributed by atoms with Gasteiger partial charge in [-0.2, -0.15) is 0 Å². The van der Waals surface area contributed by atoms with Gasteiger partial charge in [0.05, 0.1) is 6.54 Å². The number of aromatic nitrogens is 2. The summed E-state index contributed by atoms with van der Waals surface area (Å²) in [6.07, 6.45) is 6.75. The molecular weight excluding hydrogens is 242 g/mol. The number of nitrogens with zero attached hydrogens (tertiary/aromatic N) is 2. The van der Waals surface area contributed by atoms with Crippen LogP contribution in [0.15, 0.2) is 23.8 Å². The summed E-state index contributed by atoms with van der Waals surface area (Å²) in [5.74, 6) is 0. The van der Waals surface area contributed by atoms with Gasteiger partial charge in [-0.15, -0.1) is 11.3 Å².